The van der Waals surface area contributed by atoms with Crippen LogP contribution in [0.2, 0.25) is 10.0 Å². The van der Waals surface area contributed by atoms with Crippen molar-refractivity contribution in [1.29, 1.82) is 0 Å². The van der Waals surface area contributed by atoms with Gasteiger partial charge >= 0.3 is 0 Å². The van der Waals surface area contributed by atoms with E-state index in [-0.39, 0.29) is 5.78 Å². The molecular weight excluding hydrogens is 295 g/mol. The smallest absolute Gasteiger partial charge is 0.167 e. The fourth-order valence-corrected chi connectivity index (χ4v) is 2.60. The van der Waals surface area contributed by atoms with Crippen LogP contribution in [0.15, 0.2) is 36.4 Å². The summed E-state index contributed by atoms with van der Waals surface area (Å²) in [7, 11) is 0. The maximum absolute atomic E-state index is 12.3. The first-order chi connectivity index (χ1) is 9.63. The average Bonchev–Trinajstić information content (AvgIpc) is 2.90. The molecular formula is C16H12Cl2O2. The summed E-state index contributed by atoms with van der Waals surface area (Å²) in [6.07, 6.45) is 0.316. The first kappa shape index (κ1) is 13.6. The van der Waals surface area contributed by atoms with Crippen molar-refractivity contribution < 1.29 is 9.53 Å². The molecule has 1 heterocycles. The van der Waals surface area contributed by atoms with E-state index in [1.165, 1.54) is 0 Å². The molecule has 0 fully saturated rings. The van der Waals surface area contributed by atoms with Gasteiger partial charge in [-0.05, 0) is 34.9 Å². The van der Waals surface area contributed by atoms with Gasteiger partial charge in [-0.1, -0.05) is 41.4 Å². The largest absolute Gasteiger partial charge is 0.372 e. The molecule has 102 valence electrons. The van der Waals surface area contributed by atoms with Crippen molar-refractivity contribution in [2.75, 3.05) is 0 Å². The molecule has 0 atom stereocenters. The Morgan fingerprint density at radius 3 is 2.60 bits per heavy atom. The number of ketones is 1. The Kier molecular flexibility index (Phi) is 3.79. The van der Waals surface area contributed by atoms with E-state index in [4.69, 9.17) is 27.9 Å². The van der Waals surface area contributed by atoms with Crippen molar-refractivity contribution in [2.24, 2.45) is 0 Å². The number of halogens is 2. The fourth-order valence-electron chi connectivity index (χ4n) is 2.28. The Morgan fingerprint density at radius 2 is 1.80 bits per heavy atom. The van der Waals surface area contributed by atoms with Crippen molar-refractivity contribution >= 4 is 29.0 Å². The molecule has 1 aliphatic heterocycles. The Morgan fingerprint density at radius 1 is 1.00 bits per heavy atom. The van der Waals surface area contributed by atoms with Gasteiger partial charge in [-0.3, -0.25) is 4.79 Å². The molecule has 0 aromatic heterocycles. The van der Waals surface area contributed by atoms with Crippen LogP contribution in [0.25, 0.3) is 0 Å². The summed E-state index contributed by atoms with van der Waals surface area (Å²) in [4.78, 5) is 12.3. The molecule has 20 heavy (non-hydrogen) atoms. The van der Waals surface area contributed by atoms with E-state index in [0.29, 0.717) is 35.2 Å². The Bertz CT molecular complexity index is 680. The molecule has 1 aliphatic rings. The maximum atomic E-state index is 12.3. The summed E-state index contributed by atoms with van der Waals surface area (Å²) in [5.74, 6) is 0.0677. The van der Waals surface area contributed by atoms with Crippen LogP contribution in [0.1, 0.15) is 27.0 Å². The highest BCUT2D eigenvalue weighted by molar-refractivity contribution is 6.42. The molecule has 0 saturated heterocycles. The van der Waals surface area contributed by atoms with Crippen LogP contribution in [0.5, 0.6) is 0 Å². The zero-order valence-electron chi connectivity index (χ0n) is 10.7. The van der Waals surface area contributed by atoms with E-state index in [2.05, 4.69) is 0 Å². The summed E-state index contributed by atoms with van der Waals surface area (Å²) in [5, 5.41) is 0.969. The number of carbonyl (C=O) groups excluding carboxylic acids is 1. The van der Waals surface area contributed by atoms with Crippen molar-refractivity contribution in [1.82, 2.24) is 0 Å². The van der Waals surface area contributed by atoms with Crippen molar-refractivity contribution in [3.63, 3.8) is 0 Å². The molecule has 0 amide bonds. The summed E-state index contributed by atoms with van der Waals surface area (Å²) in [6, 6.07) is 11.0. The predicted molar refractivity (Wildman–Crippen MR) is 79.4 cm³/mol. The second kappa shape index (κ2) is 5.57. The van der Waals surface area contributed by atoms with Crippen LogP contribution in [-0.4, -0.2) is 5.78 Å². The van der Waals surface area contributed by atoms with Gasteiger partial charge in [-0.15, -0.1) is 0 Å². The van der Waals surface area contributed by atoms with Crippen LogP contribution < -0.4 is 0 Å². The van der Waals surface area contributed by atoms with Gasteiger partial charge < -0.3 is 4.74 Å². The SMILES string of the molecule is O=C(Cc1ccc(Cl)c(Cl)c1)c1ccc2c(c1)COC2. The molecule has 0 N–H and O–H groups in total. The molecule has 2 nitrogen and oxygen atoms in total. The Balaban J connectivity index is 1.80. The Hall–Kier alpha value is -1.35. The lowest BCUT2D eigenvalue weighted by molar-refractivity contribution is 0.0993. The van der Waals surface area contributed by atoms with E-state index in [1.54, 1.807) is 12.1 Å². The molecule has 0 radical (unpaired) electrons. The lowest BCUT2D eigenvalue weighted by Gasteiger charge is -2.05. The highest BCUT2D eigenvalue weighted by Gasteiger charge is 2.15. The topological polar surface area (TPSA) is 26.3 Å². The molecule has 0 unspecified atom stereocenters. The van der Waals surface area contributed by atoms with E-state index in [0.717, 1.165) is 16.7 Å². The zero-order chi connectivity index (χ0) is 14.1. The Labute approximate surface area is 127 Å². The summed E-state index contributed by atoms with van der Waals surface area (Å²) >= 11 is 11.8. The van der Waals surface area contributed by atoms with E-state index in [9.17, 15) is 4.79 Å². The van der Waals surface area contributed by atoms with Crippen LogP contribution in [0, 0.1) is 0 Å². The van der Waals surface area contributed by atoms with Crippen LogP contribution in [0.4, 0.5) is 0 Å². The average molecular weight is 307 g/mol. The second-order valence-corrected chi connectivity index (χ2v) is 5.64. The van der Waals surface area contributed by atoms with Gasteiger partial charge in [0.25, 0.3) is 0 Å². The normalized spacial score (nSPS) is 13.3. The molecule has 2 aromatic rings. The molecule has 0 spiro atoms. The molecule has 0 bridgehead atoms. The number of hydrogen-bond acceptors (Lipinski definition) is 2. The van der Waals surface area contributed by atoms with Gasteiger partial charge in [0.15, 0.2) is 5.78 Å². The zero-order valence-corrected chi connectivity index (χ0v) is 12.2. The number of ether oxygens (including phenoxy) is 1. The minimum absolute atomic E-state index is 0.0677. The third kappa shape index (κ3) is 2.73. The number of hydrogen-bond donors (Lipinski definition) is 0. The monoisotopic (exact) mass is 306 g/mol. The minimum Gasteiger partial charge on any atom is -0.372 e. The molecule has 4 heteroatoms. The van der Waals surface area contributed by atoms with Crippen molar-refractivity contribution in [2.45, 2.75) is 19.6 Å². The third-order valence-corrected chi connectivity index (χ3v) is 4.13. The van der Waals surface area contributed by atoms with Crippen molar-refractivity contribution in [3.8, 4) is 0 Å². The van der Waals surface area contributed by atoms with Crippen LogP contribution >= 0.6 is 23.2 Å². The molecule has 2 aromatic carbocycles. The first-order valence-electron chi connectivity index (χ1n) is 6.30. The highest BCUT2D eigenvalue weighted by Crippen LogP contribution is 2.24. The fraction of sp³-hybridized carbons (Fsp3) is 0.188. The van der Waals surface area contributed by atoms with Gasteiger partial charge in [-0.2, -0.15) is 0 Å². The van der Waals surface area contributed by atoms with Gasteiger partial charge in [-0.25, -0.2) is 0 Å². The van der Waals surface area contributed by atoms with Gasteiger partial charge in [0.1, 0.15) is 0 Å². The second-order valence-electron chi connectivity index (χ2n) is 4.82. The predicted octanol–water partition coefficient (Wildman–Crippen LogP) is 4.45. The molecule has 3 rings (SSSR count). The summed E-state index contributed by atoms with van der Waals surface area (Å²) in [6.45, 7) is 1.22. The van der Waals surface area contributed by atoms with Crippen LogP contribution in [-0.2, 0) is 24.4 Å². The number of rotatable bonds is 3. The maximum Gasteiger partial charge on any atom is 0.167 e. The highest BCUT2D eigenvalue weighted by atomic mass is 35.5. The number of carbonyl (C=O) groups is 1. The van der Waals surface area contributed by atoms with E-state index < -0.39 is 0 Å². The van der Waals surface area contributed by atoms with Gasteiger partial charge in [0.05, 0.1) is 23.3 Å². The third-order valence-electron chi connectivity index (χ3n) is 3.39. The minimum atomic E-state index is 0.0677. The summed E-state index contributed by atoms with van der Waals surface area (Å²) < 4.78 is 5.35. The molecule has 0 aliphatic carbocycles. The van der Waals surface area contributed by atoms with Gasteiger partial charge in [0.2, 0.25) is 0 Å². The van der Waals surface area contributed by atoms with E-state index in [1.807, 2.05) is 24.3 Å². The van der Waals surface area contributed by atoms with Crippen molar-refractivity contribution in [3.05, 3.63) is 68.7 Å². The lowest BCUT2D eigenvalue weighted by atomic mass is 9.99. The van der Waals surface area contributed by atoms with Crippen LogP contribution in [0.3, 0.4) is 0 Å². The number of fused-ring (bicyclic) bond motifs is 1. The number of Topliss-reactive ketones (excluding diaryl/α,β-unsaturated/α-hetero) is 1. The summed E-state index contributed by atoms with van der Waals surface area (Å²) in [5.41, 5.74) is 3.84. The van der Waals surface area contributed by atoms with E-state index >= 15 is 0 Å². The number of benzene rings is 2. The van der Waals surface area contributed by atoms with Gasteiger partial charge in [0, 0.05) is 12.0 Å². The molecule has 0 saturated carbocycles. The quantitative estimate of drug-likeness (QED) is 0.783. The lowest BCUT2D eigenvalue weighted by Crippen LogP contribution is -2.04. The standard InChI is InChI=1S/C16H12Cl2O2/c17-14-4-1-10(5-15(14)18)6-16(19)11-2-3-12-8-20-9-13(12)7-11/h1-5,7H,6,8-9H2. The first-order valence-corrected chi connectivity index (χ1v) is 7.06.